The Kier molecular flexibility index (Phi) is 4.02. The highest BCUT2D eigenvalue weighted by atomic mass is 16.2. The molecule has 3 nitrogen and oxygen atoms in total. The van der Waals surface area contributed by atoms with Gasteiger partial charge < -0.3 is 10.2 Å². The molecule has 1 aliphatic rings. The zero-order valence-corrected chi connectivity index (χ0v) is 11.4. The van der Waals surface area contributed by atoms with Gasteiger partial charge >= 0.3 is 0 Å². The Morgan fingerprint density at radius 2 is 2.00 bits per heavy atom. The van der Waals surface area contributed by atoms with E-state index in [9.17, 15) is 4.79 Å². The molecule has 0 bridgehead atoms. The highest BCUT2D eigenvalue weighted by Gasteiger charge is 2.23. The lowest BCUT2D eigenvalue weighted by molar-refractivity contribution is -0.130. The molecule has 1 aliphatic carbocycles. The van der Waals surface area contributed by atoms with Crippen LogP contribution >= 0.6 is 0 Å². The molecule has 0 aliphatic heterocycles. The first-order valence-electron chi connectivity index (χ1n) is 6.63. The van der Waals surface area contributed by atoms with Crippen molar-refractivity contribution < 1.29 is 4.79 Å². The van der Waals surface area contributed by atoms with Crippen molar-refractivity contribution in [3.8, 4) is 0 Å². The first kappa shape index (κ1) is 13.1. The van der Waals surface area contributed by atoms with E-state index < -0.39 is 0 Å². The van der Waals surface area contributed by atoms with Crippen LogP contribution in [0, 0.1) is 6.92 Å². The van der Waals surface area contributed by atoms with Crippen LogP contribution in [0.2, 0.25) is 0 Å². The number of hydrogen-bond donors (Lipinski definition) is 1. The highest BCUT2D eigenvalue weighted by molar-refractivity contribution is 5.78. The number of aryl methyl sites for hydroxylation is 1. The van der Waals surface area contributed by atoms with E-state index in [0.29, 0.717) is 12.6 Å². The number of nitrogens with one attached hydrogen (secondary N) is 1. The second-order valence-corrected chi connectivity index (χ2v) is 5.25. The lowest BCUT2D eigenvalue weighted by Crippen LogP contribution is -2.37. The number of rotatable bonds is 5. The van der Waals surface area contributed by atoms with Gasteiger partial charge in [0.15, 0.2) is 0 Å². The number of hydrogen-bond acceptors (Lipinski definition) is 2. The number of amides is 1. The molecular formula is C15H22N2O. The Balaban J connectivity index is 1.91. The van der Waals surface area contributed by atoms with Crippen molar-refractivity contribution in [3.05, 3.63) is 35.4 Å². The molecule has 98 valence electrons. The van der Waals surface area contributed by atoms with Crippen molar-refractivity contribution in [2.75, 3.05) is 13.6 Å². The van der Waals surface area contributed by atoms with Gasteiger partial charge in [0.25, 0.3) is 0 Å². The van der Waals surface area contributed by atoms with Crippen molar-refractivity contribution in [1.29, 1.82) is 0 Å². The van der Waals surface area contributed by atoms with Crippen LogP contribution in [0.4, 0.5) is 0 Å². The van der Waals surface area contributed by atoms with Gasteiger partial charge in [0, 0.05) is 13.1 Å². The Bertz CT molecular complexity index is 409. The van der Waals surface area contributed by atoms with Gasteiger partial charge in [-0.05, 0) is 32.3 Å². The van der Waals surface area contributed by atoms with E-state index in [1.807, 2.05) is 11.9 Å². The van der Waals surface area contributed by atoms with Gasteiger partial charge in [-0.15, -0.1) is 0 Å². The Morgan fingerprint density at radius 1 is 1.39 bits per heavy atom. The number of carbonyl (C=O) groups excluding carboxylic acids is 1. The molecule has 0 aromatic heterocycles. The molecule has 2 rings (SSSR count). The molecule has 1 N–H and O–H groups in total. The van der Waals surface area contributed by atoms with Crippen LogP contribution in [0.15, 0.2) is 24.3 Å². The second-order valence-electron chi connectivity index (χ2n) is 5.25. The quantitative estimate of drug-likeness (QED) is 0.864. The number of benzene rings is 1. The van der Waals surface area contributed by atoms with Gasteiger partial charge in [-0.3, -0.25) is 4.79 Å². The summed E-state index contributed by atoms with van der Waals surface area (Å²) in [5, 5.41) is 3.26. The van der Waals surface area contributed by atoms with E-state index in [0.717, 1.165) is 0 Å². The molecule has 1 amide bonds. The molecular weight excluding hydrogens is 224 g/mol. The van der Waals surface area contributed by atoms with Crippen LogP contribution in [0.25, 0.3) is 0 Å². The Hall–Kier alpha value is -1.35. The molecule has 3 heteroatoms. The van der Waals surface area contributed by atoms with Crippen LogP contribution in [0.5, 0.6) is 0 Å². The number of nitrogens with zero attached hydrogens (tertiary/aromatic N) is 1. The maximum absolute atomic E-state index is 12.0. The van der Waals surface area contributed by atoms with E-state index in [-0.39, 0.29) is 11.9 Å². The number of likely N-dealkylation sites (N-methyl/N-ethyl adjacent to an activating group) is 1. The average molecular weight is 246 g/mol. The average Bonchev–Trinajstić information content (AvgIpc) is 3.19. The van der Waals surface area contributed by atoms with Crippen molar-refractivity contribution >= 4 is 5.91 Å². The van der Waals surface area contributed by atoms with Gasteiger partial charge in [-0.2, -0.15) is 0 Å². The van der Waals surface area contributed by atoms with Gasteiger partial charge in [-0.1, -0.05) is 29.8 Å². The SMILES string of the molecule is Cc1ccc(C(C)N(C)C(=O)CNC2CC2)cc1. The second kappa shape index (κ2) is 5.53. The zero-order chi connectivity index (χ0) is 13.1. The monoisotopic (exact) mass is 246 g/mol. The molecule has 0 heterocycles. The predicted octanol–water partition coefficient (Wildman–Crippen LogP) is 2.27. The lowest BCUT2D eigenvalue weighted by Gasteiger charge is -2.25. The van der Waals surface area contributed by atoms with Crippen LogP contribution in [-0.2, 0) is 4.79 Å². The maximum atomic E-state index is 12.0. The standard InChI is InChI=1S/C15H22N2O/c1-11-4-6-13(7-5-11)12(2)17(3)15(18)10-16-14-8-9-14/h4-7,12,14,16H,8-10H2,1-3H3. The van der Waals surface area contributed by atoms with Gasteiger partial charge in [0.1, 0.15) is 0 Å². The molecule has 0 spiro atoms. The van der Waals surface area contributed by atoms with Gasteiger partial charge in [0.05, 0.1) is 12.6 Å². The minimum Gasteiger partial charge on any atom is -0.338 e. The third kappa shape index (κ3) is 3.33. The normalized spacial score (nSPS) is 16.4. The van der Waals surface area contributed by atoms with Crippen LogP contribution in [0.1, 0.15) is 36.9 Å². The highest BCUT2D eigenvalue weighted by Crippen LogP contribution is 2.20. The smallest absolute Gasteiger partial charge is 0.236 e. The molecule has 0 radical (unpaired) electrons. The Labute approximate surface area is 109 Å². The zero-order valence-electron chi connectivity index (χ0n) is 11.4. The maximum Gasteiger partial charge on any atom is 0.236 e. The first-order chi connectivity index (χ1) is 8.58. The lowest BCUT2D eigenvalue weighted by atomic mass is 10.1. The summed E-state index contributed by atoms with van der Waals surface area (Å²) >= 11 is 0. The summed E-state index contributed by atoms with van der Waals surface area (Å²) in [6.07, 6.45) is 2.43. The summed E-state index contributed by atoms with van der Waals surface area (Å²) in [6, 6.07) is 9.08. The summed E-state index contributed by atoms with van der Waals surface area (Å²) < 4.78 is 0. The van der Waals surface area contributed by atoms with Crippen LogP contribution in [-0.4, -0.2) is 30.4 Å². The summed E-state index contributed by atoms with van der Waals surface area (Å²) in [5.41, 5.74) is 2.43. The van der Waals surface area contributed by atoms with Crippen LogP contribution in [0.3, 0.4) is 0 Å². The van der Waals surface area contributed by atoms with Crippen molar-refractivity contribution in [3.63, 3.8) is 0 Å². The third-order valence-corrected chi connectivity index (χ3v) is 3.65. The van der Waals surface area contributed by atoms with Crippen molar-refractivity contribution in [1.82, 2.24) is 10.2 Å². The molecule has 0 saturated heterocycles. The van der Waals surface area contributed by atoms with E-state index in [4.69, 9.17) is 0 Å². The third-order valence-electron chi connectivity index (χ3n) is 3.65. The van der Waals surface area contributed by atoms with Crippen molar-refractivity contribution in [2.45, 2.75) is 38.8 Å². The summed E-state index contributed by atoms with van der Waals surface area (Å²) in [6.45, 7) is 4.60. The molecule has 1 aromatic rings. The van der Waals surface area contributed by atoms with Gasteiger partial charge in [0.2, 0.25) is 5.91 Å². The van der Waals surface area contributed by atoms with E-state index in [2.05, 4.69) is 43.4 Å². The minimum absolute atomic E-state index is 0.124. The van der Waals surface area contributed by atoms with Crippen molar-refractivity contribution in [2.24, 2.45) is 0 Å². The predicted molar refractivity (Wildman–Crippen MR) is 73.4 cm³/mol. The van der Waals surface area contributed by atoms with Gasteiger partial charge in [-0.25, -0.2) is 0 Å². The van der Waals surface area contributed by atoms with E-state index in [1.165, 1.54) is 24.0 Å². The fraction of sp³-hybridized carbons (Fsp3) is 0.533. The fourth-order valence-corrected chi connectivity index (χ4v) is 1.93. The molecule has 1 unspecified atom stereocenters. The largest absolute Gasteiger partial charge is 0.338 e. The van der Waals surface area contributed by atoms with E-state index in [1.54, 1.807) is 0 Å². The molecule has 1 aromatic carbocycles. The molecule has 18 heavy (non-hydrogen) atoms. The number of carbonyl (C=O) groups is 1. The summed E-state index contributed by atoms with van der Waals surface area (Å²) in [4.78, 5) is 13.8. The molecule has 1 saturated carbocycles. The topological polar surface area (TPSA) is 32.3 Å². The minimum atomic E-state index is 0.124. The summed E-state index contributed by atoms with van der Waals surface area (Å²) in [5.74, 6) is 0.162. The Morgan fingerprint density at radius 3 is 2.56 bits per heavy atom. The van der Waals surface area contributed by atoms with Crippen LogP contribution < -0.4 is 5.32 Å². The first-order valence-corrected chi connectivity index (χ1v) is 6.63. The molecule has 1 atom stereocenters. The summed E-state index contributed by atoms with van der Waals surface area (Å²) in [7, 11) is 1.88. The molecule has 1 fully saturated rings. The fourth-order valence-electron chi connectivity index (χ4n) is 1.93. The van der Waals surface area contributed by atoms with E-state index >= 15 is 0 Å².